The summed E-state index contributed by atoms with van der Waals surface area (Å²) in [6.07, 6.45) is -4.65. The van der Waals surface area contributed by atoms with Gasteiger partial charge < -0.3 is 0 Å². The molecule has 7 nitrogen and oxygen atoms in total. The molecule has 0 radical (unpaired) electrons. The molecule has 0 unspecified atom stereocenters. The summed E-state index contributed by atoms with van der Waals surface area (Å²) in [5.74, 6) is -1.17. The lowest BCUT2D eigenvalue weighted by Gasteiger charge is -2.07. The van der Waals surface area contributed by atoms with Gasteiger partial charge in [-0.2, -0.15) is 22.8 Å². The van der Waals surface area contributed by atoms with E-state index in [0.29, 0.717) is 20.3 Å². The second-order valence-corrected chi connectivity index (χ2v) is 7.07. The average molecular weight is 401 g/mol. The highest BCUT2D eigenvalue weighted by molar-refractivity contribution is 7.99. The number of benzene rings is 1. The van der Waals surface area contributed by atoms with Crippen molar-refractivity contribution >= 4 is 34.0 Å². The van der Waals surface area contributed by atoms with Gasteiger partial charge in [0.1, 0.15) is 5.03 Å². The highest BCUT2D eigenvalue weighted by Crippen LogP contribution is 2.31. The first-order valence-electron chi connectivity index (χ1n) is 8.13. The lowest BCUT2D eigenvalue weighted by Crippen LogP contribution is -2.12. The van der Waals surface area contributed by atoms with E-state index < -0.39 is 12.0 Å². The lowest BCUT2D eigenvalue weighted by atomic mass is 10.1. The number of halogens is 3. The Labute approximate surface area is 159 Å². The maximum Gasteiger partial charge on any atom is 0.453 e. The third-order valence-electron chi connectivity index (χ3n) is 4.26. The van der Waals surface area contributed by atoms with Crippen LogP contribution in [0, 0.1) is 6.92 Å². The van der Waals surface area contributed by atoms with Crippen molar-refractivity contribution in [2.75, 3.05) is 0 Å². The largest absolute Gasteiger partial charge is 0.453 e. The van der Waals surface area contributed by atoms with Crippen LogP contribution in [0.3, 0.4) is 0 Å². The summed E-state index contributed by atoms with van der Waals surface area (Å²) in [6.45, 7) is 1.99. The fourth-order valence-corrected chi connectivity index (χ4v) is 3.85. The second-order valence-electron chi connectivity index (χ2n) is 6.09. The lowest BCUT2D eigenvalue weighted by molar-refractivity contribution is -0.146. The van der Waals surface area contributed by atoms with E-state index in [2.05, 4.69) is 25.5 Å². The van der Waals surface area contributed by atoms with Gasteiger partial charge in [0.15, 0.2) is 11.3 Å². The van der Waals surface area contributed by atoms with Crippen molar-refractivity contribution in [3.63, 3.8) is 0 Å². The quantitative estimate of drug-likeness (QED) is 0.448. The summed E-state index contributed by atoms with van der Waals surface area (Å²) in [7, 11) is 0. The molecule has 4 aromatic heterocycles. The summed E-state index contributed by atoms with van der Waals surface area (Å²) >= 11 is 1.12. The van der Waals surface area contributed by atoms with Gasteiger partial charge in [0.25, 0.3) is 5.82 Å². The smallest absolute Gasteiger partial charge is 0.270 e. The molecule has 4 heterocycles. The van der Waals surface area contributed by atoms with Crippen LogP contribution >= 0.6 is 11.8 Å². The van der Waals surface area contributed by atoms with Gasteiger partial charge in [-0.15, -0.1) is 20.4 Å². The molecule has 0 spiro atoms. The van der Waals surface area contributed by atoms with E-state index in [1.165, 1.54) is 6.07 Å². The van der Waals surface area contributed by atoms with Gasteiger partial charge in [-0.1, -0.05) is 18.2 Å². The number of fused-ring (bicyclic) bond motifs is 4. The average Bonchev–Trinajstić information content (AvgIpc) is 3.26. The molecular weight excluding hydrogens is 391 g/mol. The van der Waals surface area contributed by atoms with Gasteiger partial charge in [0, 0.05) is 5.39 Å². The number of nitrogens with zero attached hydrogens (tertiary/aromatic N) is 7. The molecule has 0 fully saturated rings. The van der Waals surface area contributed by atoms with Crippen LogP contribution in [0.25, 0.3) is 22.2 Å². The van der Waals surface area contributed by atoms with Crippen molar-refractivity contribution in [2.24, 2.45) is 0 Å². The minimum Gasteiger partial charge on any atom is -0.270 e. The summed E-state index contributed by atoms with van der Waals surface area (Å²) in [4.78, 5) is 0. The van der Waals surface area contributed by atoms with Gasteiger partial charge in [-0.3, -0.25) is 4.40 Å². The Morgan fingerprint density at radius 2 is 1.71 bits per heavy atom. The Bertz CT molecular complexity index is 1360. The topological polar surface area (TPSA) is 73.3 Å². The summed E-state index contributed by atoms with van der Waals surface area (Å²) in [6, 6.07) is 12.7. The van der Waals surface area contributed by atoms with Gasteiger partial charge in [-0.05, 0) is 48.5 Å². The maximum absolute atomic E-state index is 13.1. The van der Waals surface area contributed by atoms with Crippen molar-refractivity contribution in [1.29, 1.82) is 0 Å². The monoisotopic (exact) mass is 401 g/mol. The number of alkyl halides is 3. The number of aryl methyl sites for hydroxylation is 1. The Kier molecular flexibility index (Phi) is 3.56. The molecule has 5 rings (SSSR count). The Hall–Kier alpha value is -3.21. The van der Waals surface area contributed by atoms with E-state index in [4.69, 9.17) is 0 Å². The van der Waals surface area contributed by atoms with Crippen molar-refractivity contribution in [3.8, 4) is 0 Å². The van der Waals surface area contributed by atoms with E-state index in [1.807, 2.05) is 41.7 Å². The van der Waals surface area contributed by atoms with Crippen molar-refractivity contribution in [3.05, 3.63) is 53.9 Å². The van der Waals surface area contributed by atoms with Crippen LogP contribution < -0.4 is 0 Å². The zero-order valence-corrected chi connectivity index (χ0v) is 15.0. The van der Waals surface area contributed by atoms with Crippen LogP contribution in [-0.4, -0.2) is 34.4 Å². The zero-order chi connectivity index (χ0) is 19.5. The van der Waals surface area contributed by atoms with Crippen LogP contribution in [-0.2, 0) is 6.18 Å². The number of rotatable bonds is 2. The molecule has 0 aliphatic heterocycles. The van der Waals surface area contributed by atoms with Crippen molar-refractivity contribution in [1.82, 2.24) is 34.4 Å². The molecule has 140 valence electrons. The first-order valence-corrected chi connectivity index (χ1v) is 8.94. The number of para-hydroxylation sites is 1. The van der Waals surface area contributed by atoms with Gasteiger partial charge in [-0.25, -0.2) is 0 Å². The van der Waals surface area contributed by atoms with E-state index in [9.17, 15) is 13.2 Å². The van der Waals surface area contributed by atoms with Crippen LogP contribution in [0.5, 0.6) is 0 Å². The van der Waals surface area contributed by atoms with E-state index >= 15 is 0 Å². The predicted octanol–water partition coefficient (Wildman–Crippen LogP) is 3.80. The maximum atomic E-state index is 13.1. The number of aromatic nitrogens is 7. The molecular formula is C17H10F3N7S. The molecule has 0 bridgehead atoms. The van der Waals surface area contributed by atoms with Crippen molar-refractivity contribution in [2.45, 2.75) is 23.3 Å². The second kappa shape index (κ2) is 5.89. The fraction of sp³-hybridized carbons (Fsp3) is 0.118. The van der Waals surface area contributed by atoms with E-state index in [-0.39, 0.29) is 5.65 Å². The van der Waals surface area contributed by atoms with Crippen LogP contribution in [0.2, 0.25) is 0 Å². The first-order chi connectivity index (χ1) is 13.4. The molecule has 0 aliphatic carbocycles. The molecule has 0 amide bonds. The standard InChI is InChI=1S/C17H10F3N7S/c1-9-8-13-22-24-16(26(13)11-5-3-2-4-10(9)11)28-14-7-6-12-21-23-15(17(18,19)20)27(12)25-14/h2-8H,1H3. The van der Waals surface area contributed by atoms with Gasteiger partial charge in [0.2, 0.25) is 5.16 Å². The fourth-order valence-electron chi connectivity index (χ4n) is 3.04. The molecule has 0 saturated carbocycles. The molecule has 11 heteroatoms. The van der Waals surface area contributed by atoms with Crippen LogP contribution in [0.4, 0.5) is 13.2 Å². The molecule has 5 aromatic rings. The minimum absolute atomic E-state index is 0.0175. The minimum atomic E-state index is -4.65. The predicted molar refractivity (Wildman–Crippen MR) is 95.1 cm³/mol. The highest BCUT2D eigenvalue weighted by atomic mass is 32.2. The highest BCUT2D eigenvalue weighted by Gasteiger charge is 2.37. The van der Waals surface area contributed by atoms with Crippen LogP contribution in [0.15, 0.2) is 52.6 Å². The summed E-state index contributed by atoms with van der Waals surface area (Å²) < 4.78 is 41.8. The Morgan fingerprint density at radius 1 is 0.929 bits per heavy atom. The normalized spacial score (nSPS) is 12.4. The molecule has 1 aromatic carbocycles. The van der Waals surface area contributed by atoms with Gasteiger partial charge >= 0.3 is 6.18 Å². The molecule has 28 heavy (non-hydrogen) atoms. The Balaban J connectivity index is 1.65. The third-order valence-corrected chi connectivity index (χ3v) is 5.14. The number of hydrogen-bond acceptors (Lipinski definition) is 6. The SMILES string of the molecule is Cc1cc2nnc(Sc3ccc4nnc(C(F)(F)F)n4n3)n2c2ccccc12. The molecule has 0 N–H and O–H groups in total. The van der Waals surface area contributed by atoms with Gasteiger partial charge in [0.05, 0.1) is 5.52 Å². The molecule has 0 aliphatic rings. The van der Waals surface area contributed by atoms with Crippen LogP contribution in [0.1, 0.15) is 11.4 Å². The number of pyridine rings is 1. The zero-order valence-electron chi connectivity index (χ0n) is 14.2. The van der Waals surface area contributed by atoms with E-state index in [0.717, 1.165) is 28.2 Å². The van der Waals surface area contributed by atoms with E-state index in [1.54, 1.807) is 6.07 Å². The first kappa shape index (κ1) is 16.9. The third kappa shape index (κ3) is 2.58. The summed E-state index contributed by atoms with van der Waals surface area (Å²) in [5, 5.41) is 21.0. The molecule has 0 saturated heterocycles. The number of hydrogen-bond donors (Lipinski definition) is 0. The summed E-state index contributed by atoms with van der Waals surface area (Å²) in [5.41, 5.74) is 2.64. The Morgan fingerprint density at radius 3 is 2.54 bits per heavy atom. The van der Waals surface area contributed by atoms with Crippen molar-refractivity contribution < 1.29 is 13.2 Å². The molecule has 0 atom stereocenters.